The Morgan fingerprint density at radius 2 is 2.00 bits per heavy atom. The van der Waals surface area contributed by atoms with Crippen molar-refractivity contribution in [2.45, 2.75) is 0 Å². The molecule has 1 aromatic carbocycles. The molecule has 1 heterocycles. The second-order valence-electron chi connectivity index (χ2n) is 3.39. The number of benzene rings is 1. The lowest BCUT2D eigenvalue weighted by molar-refractivity contribution is -0.386. The fourth-order valence-electron chi connectivity index (χ4n) is 1.28. The van der Waals surface area contributed by atoms with Crippen LogP contribution in [0.25, 0.3) is 0 Å². The molecule has 0 saturated heterocycles. The Morgan fingerprint density at radius 1 is 1.26 bits per heavy atom. The maximum atomic E-state index is 13.4. The molecule has 0 spiro atoms. The van der Waals surface area contributed by atoms with Crippen molar-refractivity contribution in [1.29, 1.82) is 0 Å². The van der Waals surface area contributed by atoms with Crippen LogP contribution < -0.4 is 4.74 Å². The molecular formula is C11H5ClF2N2O3. The van der Waals surface area contributed by atoms with Gasteiger partial charge in [0.15, 0.2) is 11.6 Å². The lowest BCUT2D eigenvalue weighted by Crippen LogP contribution is -1.97. The van der Waals surface area contributed by atoms with Gasteiger partial charge in [0.25, 0.3) is 0 Å². The second-order valence-corrected chi connectivity index (χ2v) is 3.78. The molecule has 0 atom stereocenters. The van der Waals surface area contributed by atoms with E-state index in [1.54, 1.807) is 0 Å². The highest BCUT2D eigenvalue weighted by Crippen LogP contribution is 2.32. The van der Waals surface area contributed by atoms with E-state index in [4.69, 9.17) is 16.3 Å². The quantitative estimate of drug-likeness (QED) is 0.490. The van der Waals surface area contributed by atoms with Gasteiger partial charge in [-0.1, -0.05) is 11.6 Å². The number of nitrogens with zero attached hydrogens (tertiary/aromatic N) is 2. The van der Waals surface area contributed by atoms with Crippen LogP contribution >= 0.6 is 11.6 Å². The van der Waals surface area contributed by atoms with Gasteiger partial charge in [0, 0.05) is 12.1 Å². The van der Waals surface area contributed by atoms with E-state index >= 15 is 0 Å². The lowest BCUT2D eigenvalue weighted by atomic mass is 10.3. The van der Waals surface area contributed by atoms with Crippen molar-refractivity contribution >= 4 is 17.3 Å². The van der Waals surface area contributed by atoms with Crippen LogP contribution in [-0.2, 0) is 0 Å². The first-order chi connectivity index (χ1) is 8.97. The molecule has 0 radical (unpaired) electrons. The first kappa shape index (κ1) is 13.2. The van der Waals surface area contributed by atoms with Crippen molar-refractivity contribution < 1.29 is 18.4 Å². The van der Waals surface area contributed by atoms with Gasteiger partial charge < -0.3 is 4.74 Å². The minimum absolute atomic E-state index is 0.0718. The molecule has 0 unspecified atom stereocenters. The van der Waals surface area contributed by atoms with Gasteiger partial charge in [0.05, 0.1) is 4.92 Å². The van der Waals surface area contributed by atoms with Crippen LogP contribution in [0.3, 0.4) is 0 Å². The summed E-state index contributed by atoms with van der Waals surface area (Å²) in [7, 11) is 0. The number of hydrogen-bond donors (Lipinski definition) is 0. The molecule has 2 aromatic rings. The number of hydrogen-bond acceptors (Lipinski definition) is 4. The maximum Gasteiger partial charge on any atom is 0.331 e. The highest BCUT2D eigenvalue weighted by atomic mass is 35.5. The zero-order chi connectivity index (χ0) is 14.0. The maximum absolute atomic E-state index is 13.4. The second kappa shape index (κ2) is 5.15. The van der Waals surface area contributed by atoms with E-state index in [0.29, 0.717) is 0 Å². The molecule has 1 aromatic heterocycles. The van der Waals surface area contributed by atoms with Crippen LogP contribution in [0.4, 0.5) is 14.5 Å². The van der Waals surface area contributed by atoms with Crippen molar-refractivity contribution in [2.75, 3.05) is 0 Å². The summed E-state index contributed by atoms with van der Waals surface area (Å²) < 4.78 is 31.2. The third-order valence-corrected chi connectivity index (χ3v) is 2.31. The molecule has 0 saturated carbocycles. The predicted molar refractivity (Wildman–Crippen MR) is 62.3 cm³/mol. The zero-order valence-corrected chi connectivity index (χ0v) is 9.90. The van der Waals surface area contributed by atoms with Gasteiger partial charge in [-0.15, -0.1) is 0 Å². The van der Waals surface area contributed by atoms with E-state index in [1.807, 2.05) is 0 Å². The van der Waals surface area contributed by atoms with Gasteiger partial charge in [-0.2, -0.15) is 4.98 Å². The number of pyridine rings is 1. The number of nitro groups is 1. The smallest absolute Gasteiger partial charge is 0.331 e. The number of rotatable bonds is 3. The number of halogens is 3. The van der Waals surface area contributed by atoms with E-state index in [0.717, 1.165) is 24.3 Å². The van der Waals surface area contributed by atoms with Gasteiger partial charge in [0.1, 0.15) is 11.0 Å². The van der Waals surface area contributed by atoms with Crippen molar-refractivity contribution in [3.8, 4) is 11.6 Å². The third-order valence-electron chi connectivity index (χ3n) is 2.10. The SMILES string of the molecule is O=[N+]([O-])c1ccc(Cl)nc1Oc1cc(F)ccc1F. The van der Waals surface area contributed by atoms with Gasteiger partial charge in [0.2, 0.25) is 0 Å². The molecule has 0 aliphatic heterocycles. The minimum Gasteiger partial charge on any atom is -0.430 e. The molecule has 0 amide bonds. The number of aromatic nitrogens is 1. The average molecular weight is 287 g/mol. The Kier molecular flexibility index (Phi) is 3.57. The van der Waals surface area contributed by atoms with Crippen molar-refractivity contribution in [2.24, 2.45) is 0 Å². The van der Waals surface area contributed by atoms with Crippen LogP contribution in [-0.4, -0.2) is 9.91 Å². The van der Waals surface area contributed by atoms with Crippen molar-refractivity contribution in [3.05, 3.63) is 57.2 Å². The predicted octanol–water partition coefficient (Wildman–Crippen LogP) is 3.71. The van der Waals surface area contributed by atoms with Crippen LogP contribution in [0.2, 0.25) is 5.15 Å². The summed E-state index contributed by atoms with van der Waals surface area (Å²) in [6, 6.07) is 4.72. The van der Waals surface area contributed by atoms with Crippen LogP contribution in [0.15, 0.2) is 30.3 Å². The Bertz CT molecular complexity index is 652. The van der Waals surface area contributed by atoms with Crippen LogP contribution in [0.1, 0.15) is 0 Å². The molecule has 8 heteroatoms. The largest absolute Gasteiger partial charge is 0.430 e. The Hall–Kier alpha value is -2.28. The van der Waals surface area contributed by atoms with Crippen molar-refractivity contribution in [3.63, 3.8) is 0 Å². The van der Waals surface area contributed by atoms with Gasteiger partial charge >= 0.3 is 11.6 Å². The summed E-state index contributed by atoms with van der Waals surface area (Å²) in [5.41, 5.74) is -0.506. The number of ether oxygens (including phenoxy) is 1. The zero-order valence-electron chi connectivity index (χ0n) is 9.14. The minimum atomic E-state index is -0.877. The van der Waals surface area contributed by atoms with E-state index in [-0.39, 0.29) is 5.15 Å². The Morgan fingerprint density at radius 3 is 2.68 bits per heavy atom. The van der Waals surface area contributed by atoms with E-state index in [1.165, 1.54) is 6.07 Å². The molecular weight excluding hydrogens is 282 g/mol. The molecule has 98 valence electrons. The first-order valence-electron chi connectivity index (χ1n) is 4.91. The summed E-state index contributed by atoms with van der Waals surface area (Å²) in [5, 5.41) is 10.7. The summed E-state index contributed by atoms with van der Waals surface area (Å²) >= 11 is 5.58. The van der Waals surface area contributed by atoms with Gasteiger partial charge in [-0.05, 0) is 18.2 Å². The van der Waals surface area contributed by atoms with Crippen LogP contribution in [0, 0.1) is 21.7 Å². The lowest BCUT2D eigenvalue weighted by Gasteiger charge is -2.06. The molecule has 5 nitrogen and oxygen atoms in total. The molecule has 2 rings (SSSR count). The molecule has 19 heavy (non-hydrogen) atoms. The Labute approximate surface area is 110 Å². The highest BCUT2D eigenvalue weighted by Gasteiger charge is 2.19. The van der Waals surface area contributed by atoms with E-state index in [2.05, 4.69) is 4.98 Å². The fourth-order valence-corrected chi connectivity index (χ4v) is 1.42. The fraction of sp³-hybridized carbons (Fsp3) is 0. The van der Waals surface area contributed by atoms with E-state index < -0.39 is 33.9 Å². The highest BCUT2D eigenvalue weighted by molar-refractivity contribution is 6.29. The van der Waals surface area contributed by atoms with Gasteiger partial charge in [-0.25, -0.2) is 8.78 Å². The molecule has 0 aliphatic rings. The Balaban J connectivity index is 2.45. The monoisotopic (exact) mass is 286 g/mol. The summed E-state index contributed by atoms with van der Waals surface area (Å²) in [6.07, 6.45) is 0. The summed E-state index contributed by atoms with van der Waals surface area (Å²) in [6.45, 7) is 0. The molecule has 0 bridgehead atoms. The van der Waals surface area contributed by atoms with Crippen LogP contribution in [0.5, 0.6) is 11.6 Å². The standard InChI is InChI=1S/C11H5ClF2N2O3/c12-10-4-3-8(16(17)18)11(15-10)19-9-5-6(13)1-2-7(9)14/h1-5H. The van der Waals surface area contributed by atoms with Gasteiger partial charge in [-0.3, -0.25) is 10.1 Å². The van der Waals surface area contributed by atoms with Crippen molar-refractivity contribution in [1.82, 2.24) is 4.98 Å². The molecule has 0 aliphatic carbocycles. The third kappa shape index (κ3) is 2.94. The average Bonchev–Trinajstić information content (AvgIpc) is 2.33. The topological polar surface area (TPSA) is 65.3 Å². The summed E-state index contributed by atoms with van der Waals surface area (Å²) in [5.74, 6) is -2.65. The van der Waals surface area contributed by atoms with E-state index in [9.17, 15) is 18.9 Å². The molecule has 0 N–H and O–H groups in total. The molecule has 0 fully saturated rings. The first-order valence-corrected chi connectivity index (χ1v) is 5.29. The summed E-state index contributed by atoms with van der Waals surface area (Å²) in [4.78, 5) is 13.6. The normalized spacial score (nSPS) is 10.3.